The van der Waals surface area contributed by atoms with Crippen LogP contribution in [0.15, 0.2) is 30.3 Å². The van der Waals surface area contributed by atoms with Gasteiger partial charge < -0.3 is 0 Å². The van der Waals surface area contributed by atoms with Crippen LogP contribution in [-0.4, -0.2) is 5.88 Å². The average Bonchev–Trinajstić information content (AvgIpc) is 2.05. The Hall–Kier alpha value is -0.490. The second-order valence-electron chi connectivity index (χ2n) is 2.47. The van der Waals surface area contributed by atoms with Crippen molar-refractivity contribution in [1.82, 2.24) is 0 Å². The van der Waals surface area contributed by atoms with E-state index in [-0.39, 0.29) is 0 Å². The van der Waals surface area contributed by atoms with Crippen molar-refractivity contribution in [2.24, 2.45) is 0 Å². The fraction of sp³-hybridized carbons (Fsp3) is 0.333. The van der Waals surface area contributed by atoms with Crippen LogP contribution in [0, 0.1) is 0 Å². The maximum absolute atomic E-state index is 5.69. The highest BCUT2D eigenvalue weighted by atomic mass is 35.5. The van der Waals surface area contributed by atoms with E-state index in [2.05, 4.69) is 19.1 Å². The summed E-state index contributed by atoms with van der Waals surface area (Å²) in [7, 11) is 0. The first-order valence-electron chi connectivity index (χ1n) is 3.45. The van der Waals surface area contributed by atoms with Gasteiger partial charge >= 0.3 is 0 Å². The van der Waals surface area contributed by atoms with Crippen LogP contribution in [0.3, 0.4) is 0 Å². The van der Waals surface area contributed by atoms with Crippen LogP contribution in [0.1, 0.15) is 18.4 Å². The van der Waals surface area contributed by atoms with Crippen molar-refractivity contribution in [3.63, 3.8) is 0 Å². The first kappa shape index (κ1) is 7.62. The molecule has 0 aliphatic heterocycles. The molecule has 0 N–H and O–H groups in total. The zero-order valence-corrected chi connectivity index (χ0v) is 6.81. The lowest BCUT2D eigenvalue weighted by Gasteiger charge is -2.05. The molecule has 0 fully saturated rings. The van der Waals surface area contributed by atoms with E-state index in [0.717, 1.165) is 0 Å². The van der Waals surface area contributed by atoms with Crippen molar-refractivity contribution in [1.29, 1.82) is 0 Å². The predicted molar refractivity (Wildman–Crippen MR) is 45.6 cm³/mol. The molecular formula is C9H11Cl. The molecular weight excluding hydrogens is 144 g/mol. The van der Waals surface area contributed by atoms with Crippen molar-refractivity contribution in [2.75, 3.05) is 5.88 Å². The first-order chi connectivity index (χ1) is 4.84. The van der Waals surface area contributed by atoms with Gasteiger partial charge in [-0.25, -0.2) is 0 Å². The van der Waals surface area contributed by atoms with Crippen LogP contribution in [0.4, 0.5) is 0 Å². The highest BCUT2D eigenvalue weighted by Crippen LogP contribution is 2.14. The van der Waals surface area contributed by atoms with Gasteiger partial charge in [0.15, 0.2) is 0 Å². The van der Waals surface area contributed by atoms with Crippen LogP contribution < -0.4 is 0 Å². The number of hydrogen-bond acceptors (Lipinski definition) is 0. The molecule has 0 unspecified atom stereocenters. The quantitative estimate of drug-likeness (QED) is 0.575. The molecule has 0 saturated carbocycles. The minimum absolute atomic E-state index is 0.475. The highest BCUT2D eigenvalue weighted by molar-refractivity contribution is 6.18. The van der Waals surface area contributed by atoms with E-state index in [4.69, 9.17) is 11.6 Å². The maximum atomic E-state index is 5.69. The van der Waals surface area contributed by atoms with Gasteiger partial charge in [-0.3, -0.25) is 0 Å². The predicted octanol–water partition coefficient (Wildman–Crippen LogP) is 3.03. The van der Waals surface area contributed by atoms with Gasteiger partial charge in [0, 0.05) is 5.88 Å². The van der Waals surface area contributed by atoms with Crippen molar-refractivity contribution >= 4 is 11.6 Å². The van der Waals surface area contributed by atoms with E-state index < -0.39 is 0 Å². The summed E-state index contributed by atoms with van der Waals surface area (Å²) in [4.78, 5) is 0. The van der Waals surface area contributed by atoms with Gasteiger partial charge in [-0.15, -0.1) is 11.6 Å². The second kappa shape index (κ2) is 3.62. The van der Waals surface area contributed by atoms with Gasteiger partial charge in [0.2, 0.25) is 0 Å². The van der Waals surface area contributed by atoms with Crippen molar-refractivity contribution in [3.8, 4) is 0 Å². The molecule has 0 aromatic heterocycles. The molecule has 1 aromatic rings. The van der Waals surface area contributed by atoms with Gasteiger partial charge in [0.25, 0.3) is 0 Å². The lowest BCUT2D eigenvalue weighted by Crippen LogP contribution is -1.92. The van der Waals surface area contributed by atoms with E-state index >= 15 is 0 Å². The molecule has 54 valence electrons. The number of alkyl halides is 1. The Labute approximate surface area is 66.8 Å². The van der Waals surface area contributed by atoms with Gasteiger partial charge in [0.1, 0.15) is 0 Å². The lowest BCUT2D eigenvalue weighted by atomic mass is 10.0. The Balaban J connectivity index is 2.75. The van der Waals surface area contributed by atoms with Crippen LogP contribution >= 0.6 is 11.6 Å². The van der Waals surface area contributed by atoms with Gasteiger partial charge in [-0.2, -0.15) is 0 Å². The third-order valence-corrected chi connectivity index (χ3v) is 2.06. The van der Waals surface area contributed by atoms with Gasteiger partial charge in [-0.05, 0) is 11.5 Å². The van der Waals surface area contributed by atoms with Crippen molar-refractivity contribution in [3.05, 3.63) is 35.9 Å². The van der Waals surface area contributed by atoms with Crippen LogP contribution in [-0.2, 0) is 0 Å². The van der Waals surface area contributed by atoms with Gasteiger partial charge in [-0.1, -0.05) is 37.3 Å². The molecule has 0 aliphatic rings. The molecule has 0 radical (unpaired) electrons. The topological polar surface area (TPSA) is 0 Å². The molecule has 1 aromatic carbocycles. The molecule has 0 nitrogen and oxygen atoms in total. The highest BCUT2D eigenvalue weighted by Gasteiger charge is 2.00. The van der Waals surface area contributed by atoms with Crippen LogP contribution in [0.25, 0.3) is 0 Å². The molecule has 0 aliphatic carbocycles. The van der Waals surface area contributed by atoms with Crippen molar-refractivity contribution < 1.29 is 0 Å². The SMILES string of the molecule is C[C@H](CCl)c1ccccc1. The van der Waals surface area contributed by atoms with E-state index in [1.54, 1.807) is 0 Å². The molecule has 0 bridgehead atoms. The van der Waals surface area contributed by atoms with E-state index in [1.165, 1.54) is 5.56 Å². The second-order valence-corrected chi connectivity index (χ2v) is 2.77. The summed E-state index contributed by atoms with van der Waals surface area (Å²) in [5, 5.41) is 0. The zero-order chi connectivity index (χ0) is 7.40. The Morgan fingerprint density at radius 3 is 2.40 bits per heavy atom. The zero-order valence-electron chi connectivity index (χ0n) is 6.05. The molecule has 0 saturated heterocycles. The summed E-state index contributed by atoms with van der Waals surface area (Å²) in [5.41, 5.74) is 1.32. The molecule has 0 heterocycles. The van der Waals surface area contributed by atoms with E-state index in [9.17, 15) is 0 Å². The summed E-state index contributed by atoms with van der Waals surface area (Å²) in [5.74, 6) is 1.17. The average molecular weight is 155 g/mol. The van der Waals surface area contributed by atoms with E-state index in [0.29, 0.717) is 11.8 Å². The van der Waals surface area contributed by atoms with Crippen molar-refractivity contribution in [2.45, 2.75) is 12.8 Å². The summed E-state index contributed by atoms with van der Waals surface area (Å²) in [6.07, 6.45) is 0. The Bertz CT molecular complexity index is 181. The number of halogens is 1. The molecule has 1 rings (SSSR count). The smallest absolute Gasteiger partial charge is 0.0289 e. The normalized spacial score (nSPS) is 13.0. The standard InChI is InChI=1S/C9H11Cl/c1-8(7-10)9-5-3-2-4-6-9/h2-6,8H,7H2,1H3/t8-/m1/s1. The third kappa shape index (κ3) is 1.74. The Morgan fingerprint density at radius 2 is 1.90 bits per heavy atom. The fourth-order valence-electron chi connectivity index (χ4n) is 0.871. The van der Waals surface area contributed by atoms with Crippen LogP contribution in [0.5, 0.6) is 0 Å². The fourth-order valence-corrected chi connectivity index (χ4v) is 1.05. The summed E-state index contributed by atoms with van der Waals surface area (Å²) < 4.78 is 0. The summed E-state index contributed by atoms with van der Waals surface area (Å²) >= 11 is 5.69. The first-order valence-corrected chi connectivity index (χ1v) is 3.99. The lowest BCUT2D eigenvalue weighted by molar-refractivity contribution is 0.875. The third-order valence-electron chi connectivity index (χ3n) is 1.60. The summed E-state index contributed by atoms with van der Waals surface area (Å²) in [6.45, 7) is 2.13. The molecule has 10 heavy (non-hydrogen) atoms. The number of rotatable bonds is 2. The largest absolute Gasteiger partial charge is 0.126 e. The summed E-state index contributed by atoms with van der Waals surface area (Å²) in [6, 6.07) is 10.3. The monoisotopic (exact) mass is 154 g/mol. The molecule has 0 spiro atoms. The molecule has 1 heteroatoms. The maximum Gasteiger partial charge on any atom is 0.0289 e. The number of hydrogen-bond donors (Lipinski definition) is 0. The minimum atomic E-state index is 0.475. The van der Waals surface area contributed by atoms with E-state index in [1.807, 2.05) is 18.2 Å². The Kier molecular flexibility index (Phi) is 2.76. The van der Waals surface area contributed by atoms with Crippen LogP contribution in [0.2, 0.25) is 0 Å². The molecule has 0 amide bonds. The number of benzene rings is 1. The minimum Gasteiger partial charge on any atom is -0.126 e. The Morgan fingerprint density at radius 1 is 1.30 bits per heavy atom. The molecule has 1 atom stereocenters. The van der Waals surface area contributed by atoms with Gasteiger partial charge in [0.05, 0.1) is 0 Å².